The van der Waals surface area contributed by atoms with Crippen molar-refractivity contribution in [2.24, 2.45) is 0 Å². The fourth-order valence-electron chi connectivity index (χ4n) is 2.22. The van der Waals surface area contributed by atoms with Crippen molar-refractivity contribution in [3.05, 3.63) is 28.5 Å². The molecule has 0 bridgehead atoms. The van der Waals surface area contributed by atoms with Crippen LogP contribution in [0.5, 0.6) is 0 Å². The third kappa shape index (κ3) is 7.90. The quantitative estimate of drug-likeness (QED) is 0.602. The summed E-state index contributed by atoms with van der Waals surface area (Å²) in [7, 11) is 0. The van der Waals surface area contributed by atoms with Crippen LogP contribution in [0, 0.1) is 0 Å². The highest BCUT2D eigenvalue weighted by molar-refractivity contribution is 9.10. The lowest BCUT2D eigenvalue weighted by Crippen LogP contribution is -2.31. The molecule has 0 fully saturated rings. The smallest absolute Gasteiger partial charge is 0.269 e. The van der Waals surface area contributed by atoms with Gasteiger partial charge in [-0.2, -0.15) is 0 Å². The lowest BCUT2D eigenvalue weighted by molar-refractivity contribution is 0.0946. The van der Waals surface area contributed by atoms with Gasteiger partial charge in [-0.25, -0.2) is 0 Å². The van der Waals surface area contributed by atoms with Gasteiger partial charge < -0.3 is 10.2 Å². The molecule has 0 atom stereocenters. The summed E-state index contributed by atoms with van der Waals surface area (Å²) in [6, 6.07) is 3.56. The lowest BCUT2D eigenvalue weighted by atomic mass is 10.2. The number of nitrogens with one attached hydrogen (secondary N) is 1. The summed E-state index contributed by atoms with van der Waals surface area (Å²) in [4.78, 5) is 18.6. The SMILES string of the molecule is CCCCN(CCCC)CCCNC(=O)c1cc(Br)ccn1. The van der Waals surface area contributed by atoms with Gasteiger partial charge in [0.1, 0.15) is 5.69 Å². The number of nitrogens with zero attached hydrogens (tertiary/aromatic N) is 2. The van der Waals surface area contributed by atoms with Crippen LogP contribution in [0.4, 0.5) is 0 Å². The number of hydrogen-bond donors (Lipinski definition) is 1. The zero-order valence-corrected chi connectivity index (χ0v) is 15.4. The fraction of sp³-hybridized carbons (Fsp3) is 0.647. The van der Waals surface area contributed by atoms with E-state index in [-0.39, 0.29) is 5.91 Å². The number of pyridine rings is 1. The van der Waals surface area contributed by atoms with E-state index in [0.717, 1.165) is 30.5 Å². The first-order chi connectivity index (χ1) is 10.7. The van der Waals surface area contributed by atoms with E-state index in [1.807, 2.05) is 6.07 Å². The summed E-state index contributed by atoms with van der Waals surface area (Å²) in [5, 5.41) is 2.94. The van der Waals surface area contributed by atoms with Crippen LogP contribution in [-0.4, -0.2) is 42.0 Å². The van der Waals surface area contributed by atoms with E-state index >= 15 is 0 Å². The zero-order chi connectivity index (χ0) is 16.2. The molecule has 124 valence electrons. The van der Waals surface area contributed by atoms with Crippen LogP contribution in [0.2, 0.25) is 0 Å². The van der Waals surface area contributed by atoms with Gasteiger partial charge in [0, 0.05) is 17.2 Å². The minimum atomic E-state index is -0.102. The van der Waals surface area contributed by atoms with Gasteiger partial charge in [-0.1, -0.05) is 42.6 Å². The number of carbonyl (C=O) groups is 1. The predicted octanol–water partition coefficient (Wildman–Crippen LogP) is 3.87. The first-order valence-electron chi connectivity index (χ1n) is 8.29. The van der Waals surface area contributed by atoms with Crippen molar-refractivity contribution in [1.82, 2.24) is 15.2 Å². The third-order valence-corrected chi connectivity index (χ3v) is 4.04. The first-order valence-corrected chi connectivity index (χ1v) is 9.08. The maximum Gasteiger partial charge on any atom is 0.269 e. The fourth-order valence-corrected chi connectivity index (χ4v) is 2.56. The molecule has 4 nitrogen and oxygen atoms in total. The highest BCUT2D eigenvalue weighted by Crippen LogP contribution is 2.09. The maximum atomic E-state index is 12.0. The van der Waals surface area contributed by atoms with Crippen LogP contribution < -0.4 is 5.32 Å². The zero-order valence-electron chi connectivity index (χ0n) is 13.8. The van der Waals surface area contributed by atoms with Crippen molar-refractivity contribution < 1.29 is 4.79 Å². The minimum Gasteiger partial charge on any atom is -0.351 e. The molecule has 1 heterocycles. The van der Waals surface area contributed by atoms with Crippen LogP contribution in [0.1, 0.15) is 56.4 Å². The molecule has 1 rings (SSSR count). The Bertz CT molecular complexity index is 432. The Balaban J connectivity index is 2.28. The Morgan fingerprint density at radius 3 is 2.41 bits per heavy atom. The molecule has 0 aliphatic rings. The van der Waals surface area contributed by atoms with Crippen molar-refractivity contribution in [3.63, 3.8) is 0 Å². The summed E-state index contributed by atoms with van der Waals surface area (Å²) >= 11 is 3.35. The van der Waals surface area contributed by atoms with Gasteiger partial charge in [0.15, 0.2) is 0 Å². The highest BCUT2D eigenvalue weighted by atomic mass is 79.9. The monoisotopic (exact) mass is 369 g/mol. The van der Waals surface area contributed by atoms with E-state index in [1.54, 1.807) is 12.3 Å². The standard InChI is InChI=1S/C17H28BrN3O/c1-3-5-11-21(12-6-4-2)13-7-9-20-17(22)16-14-15(18)8-10-19-16/h8,10,14H,3-7,9,11-13H2,1-2H3,(H,20,22). The second-order valence-corrected chi connectivity index (χ2v) is 6.43. The molecule has 0 aliphatic heterocycles. The van der Waals surface area contributed by atoms with Gasteiger partial charge in [0.25, 0.3) is 5.91 Å². The second kappa shape index (κ2) is 11.6. The number of amides is 1. The third-order valence-electron chi connectivity index (χ3n) is 3.55. The Kier molecular flexibility index (Phi) is 10.1. The molecular weight excluding hydrogens is 342 g/mol. The number of rotatable bonds is 11. The minimum absolute atomic E-state index is 0.102. The Morgan fingerprint density at radius 1 is 1.18 bits per heavy atom. The molecule has 22 heavy (non-hydrogen) atoms. The number of unbranched alkanes of at least 4 members (excludes halogenated alkanes) is 2. The van der Waals surface area contributed by atoms with E-state index in [2.05, 4.69) is 45.0 Å². The molecular formula is C17H28BrN3O. The topological polar surface area (TPSA) is 45.2 Å². The maximum absolute atomic E-state index is 12.0. The molecule has 1 N–H and O–H groups in total. The van der Waals surface area contributed by atoms with Gasteiger partial charge in [0.2, 0.25) is 0 Å². The van der Waals surface area contributed by atoms with E-state index in [0.29, 0.717) is 12.2 Å². The number of hydrogen-bond acceptors (Lipinski definition) is 3. The Hall–Kier alpha value is -0.940. The summed E-state index contributed by atoms with van der Waals surface area (Å²) < 4.78 is 0.873. The average Bonchev–Trinajstić information content (AvgIpc) is 2.53. The molecule has 0 saturated carbocycles. The summed E-state index contributed by atoms with van der Waals surface area (Å²) in [5.41, 5.74) is 0.461. The second-order valence-electron chi connectivity index (χ2n) is 5.52. The van der Waals surface area contributed by atoms with Crippen LogP contribution in [0.25, 0.3) is 0 Å². The van der Waals surface area contributed by atoms with E-state index < -0.39 is 0 Å². The van der Waals surface area contributed by atoms with E-state index in [9.17, 15) is 4.79 Å². The van der Waals surface area contributed by atoms with E-state index in [4.69, 9.17) is 0 Å². The van der Waals surface area contributed by atoms with Crippen molar-refractivity contribution in [1.29, 1.82) is 0 Å². The summed E-state index contributed by atoms with van der Waals surface area (Å²) in [6.07, 6.45) is 7.57. The Morgan fingerprint density at radius 2 is 1.82 bits per heavy atom. The number of carbonyl (C=O) groups excluding carboxylic acids is 1. The van der Waals surface area contributed by atoms with Crippen molar-refractivity contribution in [3.8, 4) is 0 Å². The van der Waals surface area contributed by atoms with Crippen LogP contribution >= 0.6 is 15.9 Å². The first kappa shape index (κ1) is 19.1. The molecule has 5 heteroatoms. The van der Waals surface area contributed by atoms with Gasteiger partial charge in [-0.05, 0) is 51.0 Å². The van der Waals surface area contributed by atoms with Crippen LogP contribution in [-0.2, 0) is 0 Å². The molecule has 1 aromatic heterocycles. The van der Waals surface area contributed by atoms with Crippen molar-refractivity contribution >= 4 is 21.8 Å². The summed E-state index contributed by atoms with van der Waals surface area (Å²) in [5.74, 6) is -0.102. The molecule has 0 spiro atoms. The Labute approximate surface area is 142 Å². The largest absolute Gasteiger partial charge is 0.351 e. The molecule has 0 radical (unpaired) electrons. The number of aromatic nitrogens is 1. The van der Waals surface area contributed by atoms with Gasteiger partial charge in [-0.3, -0.25) is 9.78 Å². The molecule has 1 amide bonds. The van der Waals surface area contributed by atoms with Crippen molar-refractivity contribution in [2.45, 2.75) is 46.0 Å². The molecule has 1 aromatic rings. The van der Waals surface area contributed by atoms with Crippen molar-refractivity contribution in [2.75, 3.05) is 26.2 Å². The van der Waals surface area contributed by atoms with E-state index in [1.165, 1.54) is 25.7 Å². The molecule has 0 unspecified atom stereocenters. The van der Waals surface area contributed by atoms with Crippen LogP contribution in [0.15, 0.2) is 22.8 Å². The lowest BCUT2D eigenvalue weighted by Gasteiger charge is -2.21. The van der Waals surface area contributed by atoms with Crippen LogP contribution in [0.3, 0.4) is 0 Å². The van der Waals surface area contributed by atoms with Gasteiger partial charge in [0.05, 0.1) is 0 Å². The van der Waals surface area contributed by atoms with Gasteiger partial charge in [-0.15, -0.1) is 0 Å². The predicted molar refractivity (Wildman–Crippen MR) is 95.1 cm³/mol. The molecule has 0 aliphatic carbocycles. The summed E-state index contributed by atoms with van der Waals surface area (Å²) in [6.45, 7) is 8.52. The molecule has 0 saturated heterocycles. The number of halogens is 1. The normalized spacial score (nSPS) is 10.9. The average molecular weight is 370 g/mol. The highest BCUT2D eigenvalue weighted by Gasteiger charge is 2.08. The van der Waals surface area contributed by atoms with Gasteiger partial charge >= 0.3 is 0 Å². The molecule has 0 aromatic carbocycles.